The van der Waals surface area contributed by atoms with E-state index in [0.717, 1.165) is 12.8 Å². The molecule has 0 radical (unpaired) electrons. The number of carbonyl (C=O) groups excluding carboxylic acids is 1. The van der Waals surface area contributed by atoms with E-state index in [0.29, 0.717) is 19.8 Å². The number of nitrogens with zero attached hydrogens (tertiary/aromatic N) is 1. The zero-order chi connectivity index (χ0) is 13.4. The van der Waals surface area contributed by atoms with Crippen LogP contribution in [0.15, 0.2) is 0 Å². The highest BCUT2D eigenvalue weighted by atomic mass is 35.5. The van der Waals surface area contributed by atoms with Crippen molar-refractivity contribution in [3.05, 3.63) is 0 Å². The van der Waals surface area contributed by atoms with Gasteiger partial charge in [0.05, 0.1) is 19.8 Å². The smallest absolute Gasteiger partial charge is 0.237 e. The summed E-state index contributed by atoms with van der Waals surface area (Å²) in [5.41, 5.74) is 0. The Kier molecular flexibility index (Phi) is 7.63. The molecule has 1 aliphatic heterocycles. The summed E-state index contributed by atoms with van der Waals surface area (Å²) in [6.45, 7) is 5.94. The van der Waals surface area contributed by atoms with Crippen molar-refractivity contribution in [2.45, 2.75) is 51.9 Å². The number of hydrogen-bond acceptors (Lipinski definition) is 3. The van der Waals surface area contributed by atoms with Crippen molar-refractivity contribution < 1.29 is 14.3 Å². The lowest BCUT2D eigenvalue weighted by Gasteiger charge is -2.30. The van der Waals surface area contributed by atoms with Gasteiger partial charge in [-0.2, -0.15) is 0 Å². The molecule has 5 heteroatoms. The van der Waals surface area contributed by atoms with Gasteiger partial charge in [0, 0.05) is 6.04 Å². The van der Waals surface area contributed by atoms with Crippen molar-refractivity contribution in [3.63, 3.8) is 0 Å². The average molecular weight is 278 g/mol. The van der Waals surface area contributed by atoms with Crippen LogP contribution >= 0.6 is 11.6 Å². The van der Waals surface area contributed by atoms with Crippen LogP contribution in [0.5, 0.6) is 0 Å². The lowest BCUT2D eigenvalue weighted by Crippen LogP contribution is -2.44. The molecule has 1 fully saturated rings. The van der Waals surface area contributed by atoms with Crippen LogP contribution in [0.3, 0.4) is 0 Å². The first-order valence-corrected chi connectivity index (χ1v) is 7.31. The van der Waals surface area contributed by atoms with E-state index in [4.69, 9.17) is 21.1 Å². The van der Waals surface area contributed by atoms with Crippen LogP contribution in [0, 0.1) is 0 Å². The fraction of sp³-hybridized carbons (Fsp3) is 0.923. The second kappa shape index (κ2) is 8.73. The molecular weight excluding hydrogens is 254 g/mol. The molecule has 0 aromatic heterocycles. The quantitative estimate of drug-likeness (QED) is 0.505. The van der Waals surface area contributed by atoms with Crippen LogP contribution in [-0.2, 0) is 14.3 Å². The van der Waals surface area contributed by atoms with Crippen molar-refractivity contribution in [1.29, 1.82) is 0 Å². The average Bonchev–Trinajstić information content (AvgIpc) is 2.88. The number of unbranched alkanes of at least 4 members (excludes halogenated alkanes) is 2. The summed E-state index contributed by atoms with van der Waals surface area (Å²) in [5, 5.41) is 0. The Hall–Kier alpha value is -0.320. The van der Waals surface area contributed by atoms with Gasteiger partial charge >= 0.3 is 0 Å². The molecule has 1 saturated heterocycles. The second-order valence-electron chi connectivity index (χ2n) is 4.70. The van der Waals surface area contributed by atoms with E-state index in [1.54, 1.807) is 4.90 Å². The molecular formula is C13H24ClNO3. The van der Waals surface area contributed by atoms with Gasteiger partial charge < -0.3 is 14.4 Å². The molecule has 1 aliphatic rings. The fourth-order valence-electron chi connectivity index (χ4n) is 2.12. The first-order chi connectivity index (χ1) is 8.69. The molecule has 1 rings (SSSR count). The largest absolute Gasteiger partial charge is 0.348 e. The number of ether oxygens (including phenoxy) is 2. The van der Waals surface area contributed by atoms with Gasteiger partial charge in [0.15, 0.2) is 6.29 Å². The summed E-state index contributed by atoms with van der Waals surface area (Å²) in [6.07, 6.45) is 4.24. The standard InChI is InChI=1S/C13H24ClNO3/c1-3-4-5-6-11(2)15(12(16)9-14)10-13-17-7-8-18-13/h11,13H,3-10H2,1-2H3. The van der Waals surface area contributed by atoms with Gasteiger partial charge in [-0.05, 0) is 13.3 Å². The molecule has 1 amide bonds. The monoisotopic (exact) mass is 277 g/mol. The Balaban J connectivity index is 2.45. The third-order valence-corrected chi connectivity index (χ3v) is 3.46. The molecule has 0 saturated carbocycles. The third kappa shape index (κ3) is 5.12. The second-order valence-corrected chi connectivity index (χ2v) is 4.96. The molecule has 1 atom stereocenters. The zero-order valence-electron chi connectivity index (χ0n) is 11.4. The van der Waals surface area contributed by atoms with E-state index in [9.17, 15) is 4.79 Å². The zero-order valence-corrected chi connectivity index (χ0v) is 12.1. The van der Waals surface area contributed by atoms with Gasteiger partial charge in [0.2, 0.25) is 5.91 Å². The number of hydrogen-bond donors (Lipinski definition) is 0. The molecule has 0 aliphatic carbocycles. The number of alkyl halides is 1. The lowest BCUT2D eigenvalue weighted by atomic mass is 10.1. The van der Waals surface area contributed by atoms with Crippen LogP contribution in [0.2, 0.25) is 0 Å². The van der Waals surface area contributed by atoms with Crippen LogP contribution in [-0.4, -0.2) is 48.8 Å². The van der Waals surface area contributed by atoms with Crippen LogP contribution < -0.4 is 0 Å². The van der Waals surface area contributed by atoms with E-state index in [-0.39, 0.29) is 24.1 Å². The minimum atomic E-state index is -0.286. The normalized spacial score (nSPS) is 17.9. The minimum absolute atomic E-state index is 0.0187. The maximum atomic E-state index is 11.9. The van der Waals surface area contributed by atoms with Gasteiger partial charge in [0.25, 0.3) is 0 Å². The van der Waals surface area contributed by atoms with Crippen molar-refractivity contribution >= 4 is 17.5 Å². The van der Waals surface area contributed by atoms with E-state index in [1.165, 1.54) is 12.8 Å². The van der Waals surface area contributed by atoms with Crippen molar-refractivity contribution in [3.8, 4) is 0 Å². The first kappa shape index (κ1) is 15.7. The van der Waals surface area contributed by atoms with Gasteiger partial charge in [-0.3, -0.25) is 4.79 Å². The van der Waals surface area contributed by atoms with E-state index >= 15 is 0 Å². The number of rotatable bonds is 8. The Morgan fingerprint density at radius 3 is 2.61 bits per heavy atom. The SMILES string of the molecule is CCCCCC(C)N(CC1OCCO1)C(=O)CCl. The van der Waals surface area contributed by atoms with Crippen molar-refractivity contribution in [1.82, 2.24) is 4.90 Å². The molecule has 0 aromatic rings. The minimum Gasteiger partial charge on any atom is -0.348 e. The van der Waals surface area contributed by atoms with Crippen molar-refractivity contribution in [2.24, 2.45) is 0 Å². The maximum absolute atomic E-state index is 11.9. The number of amides is 1. The molecule has 0 bridgehead atoms. The summed E-state index contributed by atoms with van der Waals surface area (Å²) in [5.74, 6) is -0.0232. The molecule has 0 spiro atoms. The predicted octanol–water partition coefficient (Wildman–Crippen LogP) is 2.40. The number of halogens is 1. The highest BCUT2D eigenvalue weighted by Gasteiger charge is 2.25. The topological polar surface area (TPSA) is 38.8 Å². The van der Waals surface area contributed by atoms with E-state index in [2.05, 4.69) is 13.8 Å². The highest BCUT2D eigenvalue weighted by Crippen LogP contribution is 2.14. The first-order valence-electron chi connectivity index (χ1n) is 6.77. The molecule has 1 heterocycles. The lowest BCUT2D eigenvalue weighted by molar-refractivity contribution is -0.137. The van der Waals surface area contributed by atoms with Crippen LogP contribution in [0.25, 0.3) is 0 Å². The molecule has 0 N–H and O–H groups in total. The molecule has 18 heavy (non-hydrogen) atoms. The van der Waals surface area contributed by atoms with E-state index < -0.39 is 0 Å². The Bertz CT molecular complexity index is 244. The Morgan fingerprint density at radius 2 is 2.06 bits per heavy atom. The van der Waals surface area contributed by atoms with Gasteiger partial charge in [-0.1, -0.05) is 26.2 Å². The molecule has 4 nitrogen and oxygen atoms in total. The summed E-state index contributed by atoms with van der Waals surface area (Å²) in [7, 11) is 0. The van der Waals surface area contributed by atoms with Gasteiger partial charge in [-0.15, -0.1) is 11.6 Å². The third-order valence-electron chi connectivity index (χ3n) is 3.23. The Labute approximate surface area is 115 Å². The van der Waals surface area contributed by atoms with Crippen molar-refractivity contribution in [2.75, 3.05) is 25.6 Å². The predicted molar refractivity (Wildman–Crippen MR) is 71.7 cm³/mol. The summed E-state index contributed by atoms with van der Waals surface area (Å²) in [4.78, 5) is 13.6. The van der Waals surface area contributed by atoms with Crippen LogP contribution in [0.1, 0.15) is 39.5 Å². The fourth-order valence-corrected chi connectivity index (χ4v) is 2.28. The Morgan fingerprint density at radius 1 is 1.39 bits per heavy atom. The maximum Gasteiger partial charge on any atom is 0.237 e. The summed E-state index contributed by atoms with van der Waals surface area (Å²) in [6, 6.07) is 0.190. The summed E-state index contributed by atoms with van der Waals surface area (Å²) < 4.78 is 10.8. The van der Waals surface area contributed by atoms with Gasteiger partial charge in [0.1, 0.15) is 5.88 Å². The molecule has 106 valence electrons. The molecule has 1 unspecified atom stereocenters. The van der Waals surface area contributed by atoms with Gasteiger partial charge in [-0.25, -0.2) is 0 Å². The van der Waals surface area contributed by atoms with E-state index in [1.807, 2.05) is 0 Å². The van der Waals surface area contributed by atoms with Crippen LogP contribution in [0.4, 0.5) is 0 Å². The summed E-state index contributed by atoms with van der Waals surface area (Å²) >= 11 is 5.66. The number of carbonyl (C=O) groups is 1. The highest BCUT2D eigenvalue weighted by molar-refractivity contribution is 6.27. The molecule has 0 aromatic carbocycles.